The van der Waals surface area contributed by atoms with Gasteiger partial charge in [0.25, 0.3) is 0 Å². The predicted octanol–water partition coefficient (Wildman–Crippen LogP) is 3.69. The zero-order chi connectivity index (χ0) is 24.8. The average molecular weight is 481 g/mol. The highest BCUT2D eigenvalue weighted by molar-refractivity contribution is 5.89. The minimum Gasteiger partial charge on any atom is -0.480 e. The number of methoxy groups -OCH3 is 1. The third-order valence-electron chi connectivity index (χ3n) is 6.97. The molecule has 2 amide bonds. The van der Waals surface area contributed by atoms with E-state index < -0.39 is 30.1 Å². The largest absolute Gasteiger partial charge is 0.480 e. The van der Waals surface area contributed by atoms with Gasteiger partial charge in [0.05, 0.1) is 6.61 Å². The lowest BCUT2D eigenvalue weighted by Gasteiger charge is -2.29. The summed E-state index contributed by atoms with van der Waals surface area (Å²) >= 11 is 0. The molecule has 0 spiro atoms. The van der Waals surface area contributed by atoms with Gasteiger partial charge < -0.3 is 25.2 Å². The summed E-state index contributed by atoms with van der Waals surface area (Å²) in [7, 11) is 1.41. The molecule has 2 aliphatic carbocycles. The van der Waals surface area contributed by atoms with E-state index in [2.05, 4.69) is 22.8 Å². The zero-order valence-corrected chi connectivity index (χ0v) is 19.9. The third-order valence-corrected chi connectivity index (χ3v) is 6.97. The van der Waals surface area contributed by atoms with E-state index >= 15 is 0 Å². The van der Waals surface area contributed by atoms with Crippen LogP contribution in [0.15, 0.2) is 48.5 Å². The fraction of sp³-hybridized carbons (Fsp3) is 0.444. The number of rotatable bonds is 9. The van der Waals surface area contributed by atoms with Crippen LogP contribution in [0, 0.1) is 5.92 Å². The van der Waals surface area contributed by atoms with Crippen LogP contribution in [0.5, 0.6) is 0 Å². The smallest absolute Gasteiger partial charge is 0.407 e. The van der Waals surface area contributed by atoms with Crippen LogP contribution in [0.2, 0.25) is 0 Å². The van der Waals surface area contributed by atoms with Gasteiger partial charge in [-0.1, -0.05) is 67.8 Å². The van der Waals surface area contributed by atoms with E-state index in [4.69, 9.17) is 9.47 Å². The van der Waals surface area contributed by atoms with Gasteiger partial charge >= 0.3 is 12.1 Å². The summed E-state index contributed by atoms with van der Waals surface area (Å²) in [5.74, 6) is -1.89. The van der Waals surface area contributed by atoms with Crippen molar-refractivity contribution in [1.29, 1.82) is 0 Å². The van der Waals surface area contributed by atoms with Crippen LogP contribution >= 0.6 is 0 Å². The lowest BCUT2D eigenvalue weighted by atomic mass is 9.84. The minimum atomic E-state index is -1.07. The van der Waals surface area contributed by atoms with Gasteiger partial charge in [-0.2, -0.15) is 0 Å². The Morgan fingerprint density at radius 3 is 2.11 bits per heavy atom. The van der Waals surface area contributed by atoms with Crippen LogP contribution in [0.3, 0.4) is 0 Å². The summed E-state index contributed by atoms with van der Waals surface area (Å²) in [6, 6.07) is 14.0. The molecule has 35 heavy (non-hydrogen) atoms. The van der Waals surface area contributed by atoms with Crippen molar-refractivity contribution in [2.24, 2.45) is 5.92 Å². The van der Waals surface area contributed by atoms with Crippen LogP contribution in [0.1, 0.15) is 49.1 Å². The normalized spacial score (nSPS) is 17.1. The van der Waals surface area contributed by atoms with Gasteiger partial charge in [-0.05, 0) is 41.0 Å². The Morgan fingerprint density at radius 2 is 1.54 bits per heavy atom. The first-order chi connectivity index (χ1) is 17.0. The quantitative estimate of drug-likeness (QED) is 0.504. The molecule has 0 saturated heterocycles. The summed E-state index contributed by atoms with van der Waals surface area (Å²) in [4.78, 5) is 37.4. The highest BCUT2D eigenvalue weighted by atomic mass is 16.5. The summed E-state index contributed by atoms with van der Waals surface area (Å²) in [6.07, 6.45) is 3.73. The molecule has 2 unspecified atom stereocenters. The summed E-state index contributed by atoms with van der Waals surface area (Å²) in [5, 5.41) is 14.8. The second kappa shape index (κ2) is 11.4. The molecule has 1 fully saturated rings. The van der Waals surface area contributed by atoms with Crippen molar-refractivity contribution in [3.63, 3.8) is 0 Å². The maximum atomic E-state index is 12.9. The van der Waals surface area contributed by atoms with Gasteiger partial charge in [-0.3, -0.25) is 4.79 Å². The Labute approximate surface area is 205 Å². The SMILES string of the molecule is COCC(NC(=O)OCC1c2ccccc2-c2ccccc21)C(=O)NC(C(=O)O)C1CCCCC1. The van der Waals surface area contributed by atoms with E-state index in [-0.39, 0.29) is 25.0 Å². The van der Waals surface area contributed by atoms with E-state index in [0.717, 1.165) is 54.4 Å². The third kappa shape index (κ3) is 5.65. The van der Waals surface area contributed by atoms with Crippen molar-refractivity contribution < 1.29 is 29.0 Å². The highest BCUT2D eigenvalue weighted by Crippen LogP contribution is 2.44. The molecule has 0 aromatic heterocycles. The van der Waals surface area contributed by atoms with Crippen molar-refractivity contribution in [2.75, 3.05) is 20.3 Å². The number of amides is 2. The number of nitrogens with one attached hydrogen (secondary N) is 2. The maximum Gasteiger partial charge on any atom is 0.407 e. The number of carboxylic acids is 1. The van der Waals surface area contributed by atoms with E-state index in [1.54, 1.807) is 0 Å². The second-order valence-corrected chi connectivity index (χ2v) is 9.20. The first kappa shape index (κ1) is 24.7. The highest BCUT2D eigenvalue weighted by Gasteiger charge is 2.34. The molecule has 3 N–H and O–H groups in total. The molecule has 186 valence electrons. The van der Waals surface area contributed by atoms with Gasteiger partial charge in [-0.15, -0.1) is 0 Å². The number of benzene rings is 2. The molecule has 2 aromatic carbocycles. The average Bonchev–Trinajstić information content (AvgIpc) is 3.19. The minimum absolute atomic E-state index is 0.104. The first-order valence-electron chi connectivity index (χ1n) is 12.1. The molecule has 2 atom stereocenters. The standard InChI is InChI=1S/C27H32N2O6/c1-34-16-23(25(30)29-24(26(31)32)17-9-3-2-4-10-17)28-27(33)35-15-22-20-13-7-5-11-18(20)19-12-6-8-14-21(19)22/h5-8,11-14,17,22-24H,2-4,9-10,15-16H2,1H3,(H,28,33)(H,29,30)(H,31,32). The molecular weight excluding hydrogens is 448 g/mol. The first-order valence-corrected chi connectivity index (χ1v) is 12.1. The molecule has 2 aromatic rings. The fourth-order valence-electron chi connectivity index (χ4n) is 5.23. The lowest BCUT2D eigenvalue weighted by molar-refractivity contribution is -0.144. The Morgan fingerprint density at radius 1 is 0.943 bits per heavy atom. The Kier molecular flexibility index (Phi) is 8.02. The molecular formula is C27H32N2O6. The topological polar surface area (TPSA) is 114 Å². The number of aliphatic carboxylic acids is 1. The number of alkyl carbamates (subject to hydrolysis) is 1. The van der Waals surface area contributed by atoms with Crippen molar-refractivity contribution >= 4 is 18.0 Å². The number of carbonyl (C=O) groups excluding carboxylic acids is 2. The zero-order valence-electron chi connectivity index (χ0n) is 19.9. The molecule has 8 nitrogen and oxygen atoms in total. The number of hydrogen-bond acceptors (Lipinski definition) is 5. The lowest BCUT2D eigenvalue weighted by Crippen LogP contribution is -2.55. The summed E-state index contributed by atoms with van der Waals surface area (Å²) < 4.78 is 10.6. The van der Waals surface area contributed by atoms with Crippen LogP contribution in [-0.2, 0) is 19.1 Å². The molecule has 0 radical (unpaired) electrons. The second-order valence-electron chi connectivity index (χ2n) is 9.20. The van der Waals surface area contributed by atoms with Crippen molar-refractivity contribution in [3.05, 3.63) is 59.7 Å². The van der Waals surface area contributed by atoms with Crippen molar-refractivity contribution in [2.45, 2.75) is 50.1 Å². The Balaban J connectivity index is 1.38. The van der Waals surface area contributed by atoms with Crippen LogP contribution in [0.4, 0.5) is 4.79 Å². The van der Waals surface area contributed by atoms with Crippen LogP contribution in [-0.4, -0.2) is 55.5 Å². The Hall–Kier alpha value is -3.39. The van der Waals surface area contributed by atoms with Gasteiger partial charge in [0.15, 0.2) is 0 Å². The van der Waals surface area contributed by atoms with Crippen LogP contribution < -0.4 is 10.6 Å². The predicted molar refractivity (Wildman–Crippen MR) is 130 cm³/mol. The van der Waals surface area contributed by atoms with E-state index in [1.807, 2.05) is 36.4 Å². The molecule has 4 rings (SSSR count). The maximum absolute atomic E-state index is 12.9. The fourth-order valence-corrected chi connectivity index (χ4v) is 5.23. The summed E-state index contributed by atoms with van der Waals surface area (Å²) in [5.41, 5.74) is 4.42. The molecule has 0 bridgehead atoms. The van der Waals surface area contributed by atoms with Crippen molar-refractivity contribution in [1.82, 2.24) is 10.6 Å². The number of hydrogen-bond donors (Lipinski definition) is 3. The molecule has 0 heterocycles. The van der Waals surface area contributed by atoms with Crippen LogP contribution in [0.25, 0.3) is 11.1 Å². The van der Waals surface area contributed by atoms with Gasteiger partial charge in [0.1, 0.15) is 18.7 Å². The molecule has 0 aliphatic heterocycles. The van der Waals surface area contributed by atoms with Gasteiger partial charge in [0, 0.05) is 13.0 Å². The number of carbonyl (C=O) groups is 3. The number of ether oxygens (including phenoxy) is 2. The van der Waals surface area contributed by atoms with E-state index in [9.17, 15) is 19.5 Å². The number of fused-ring (bicyclic) bond motifs is 3. The Bertz CT molecular complexity index is 1020. The van der Waals surface area contributed by atoms with Gasteiger partial charge in [0.2, 0.25) is 5.91 Å². The monoisotopic (exact) mass is 480 g/mol. The molecule has 1 saturated carbocycles. The van der Waals surface area contributed by atoms with Crippen molar-refractivity contribution in [3.8, 4) is 11.1 Å². The van der Waals surface area contributed by atoms with E-state index in [0.29, 0.717) is 0 Å². The number of carboxylic acid groups (broad SMARTS) is 1. The van der Waals surface area contributed by atoms with E-state index in [1.165, 1.54) is 7.11 Å². The molecule has 2 aliphatic rings. The molecule has 8 heteroatoms. The van der Waals surface area contributed by atoms with Gasteiger partial charge in [-0.25, -0.2) is 9.59 Å². The summed E-state index contributed by atoms with van der Waals surface area (Å²) in [6.45, 7) is 0.00798.